The molecular weight excluding hydrogens is 439 g/mol. The highest BCUT2D eigenvalue weighted by atomic mass is 127. The van der Waals surface area contributed by atoms with Crippen molar-refractivity contribution in [2.24, 2.45) is 0 Å². The lowest BCUT2D eigenvalue weighted by atomic mass is 9.81. The maximum atomic E-state index is 3.94. The predicted molar refractivity (Wildman–Crippen MR) is 126 cm³/mol. The van der Waals surface area contributed by atoms with E-state index in [-0.39, 0.29) is 5.41 Å². The molecular formula is C26H23I. The van der Waals surface area contributed by atoms with Gasteiger partial charge in [-0.1, -0.05) is 93.3 Å². The maximum absolute atomic E-state index is 3.94. The first-order valence-corrected chi connectivity index (χ1v) is 10.4. The van der Waals surface area contributed by atoms with Gasteiger partial charge in [-0.15, -0.1) is 0 Å². The molecule has 0 nitrogen and oxygen atoms in total. The second kappa shape index (κ2) is 7.12. The molecule has 0 N–H and O–H groups in total. The number of rotatable bonds is 3. The Morgan fingerprint density at radius 2 is 1.63 bits per heavy atom. The molecule has 0 radical (unpaired) electrons. The molecule has 4 rings (SSSR count). The zero-order valence-electron chi connectivity index (χ0n) is 15.8. The van der Waals surface area contributed by atoms with Gasteiger partial charge < -0.3 is 0 Å². The van der Waals surface area contributed by atoms with Crippen molar-refractivity contribution in [3.63, 3.8) is 0 Å². The quantitative estimate of drug-likeness (QED) is 0.354. The van der Waals surface area contributed by atoms with Crippen LogP contribution >= 0.6 is 22.6 Å². The van der Waals surface area contributed by atoms with Gasteiger partial charge in [-0.3, -0.25) is 0 Å². The van der Waals surface area contributed by atoms with Crippen LogP contribution in [0.15, 0.2) is 91.0 Å². The molecule has 3 aromatic carbocycles. The Kier molecular flexibility index (Phi) is 4.81. The van der Waals surface area contributed by atoms with Crippen molar-refractivity contribution in [1.29, 1.82) is 0 Å². The molecule has 1 aliphatic carbocycles. The molecule has 0 aromatic heterocycles. The van der Waals surface area contributed by atoms with E-state index in [1.54, 1.807) is 0 Å². The topological polar surface area (TPSA) is 0 Å². The molecule has 0 amide bonds. The zero-order chi connectivity index (χ0) is 19.0. The van der Waals surface area contributed by atoms with Crippen LogP contribution < -0.4 is 0 Å². The van der Waals surface area contributed by atoms with Crippen molar-refractivity contribution in [2.45, 2.75) is 25.7 Å². The van der Waals surface area contributed by atoms with Gasteiger partial charge in [0.2, 0.25) is 0 Å². The van der Waals surface area contributed by atoms with Crippen LogP contribution in [0, 0.1) is 3.57 Å². The summed E-state index contributed by atoms with van der Waals surface area (Å²) in [4.78, 5) is 0. The molecule has 0 saturated carbocycles. The summed E-state index contributed by atoms with van der Waals surface area (Å²) in [5.74, 6) is 0. The molecule has 0 fully saturated rings. The third-order valence-electron chi connectivity index (χ3n) is 5.63. The van der Waals surface area contributed by atoms with E-state index in [2.05, 4.69) is 116 Å². The van der Waals surface area contributed by atoms with Crippen molar-refractivity contribution in [2.75, 3.05) is 0 Å². The predicted octanol–water partition coefficient (Wildman–Crippen LogP) is 7.47. The van der Waals surface area contributed by atoms with Gasteiger partial charge in [-0.05, 0) is 73.7 Å². The van der Waals surface area contributed by atoms with Crippen LogP contribution in [0.5, 0.6) is 0 Å². The fourth-order valence-electron chi connectivity index (χ4n) is 4.27. The van der Waals surface area contributed by atoms with Crippen LogP contribution in [0.4, 0.5) is 0 Å². The minimum Gasteiger partial charge on any atom is -0.0990 e. The highest BCUT2D eigenvalue weighted by Gasteiger charge is 2.37. The molecule has 0 bridgehead atoms. The average Bonchev–Trinajstić information content (AvgIpc) is 2.89. The lowest BCUT2D eigenvalue weighted by Gasteiger charge is -2.22. The summed E-state index contributed by atoms with van der Waals surface area (Å²) in [5, 5.41) is 2.69. The van der Waals surface area contributed by atoms with E-state index in [1.807, 2.05) is 6.08 Å². The van der Waals surface area contributed by atoms with Gasteiger partial charge in [0.1, 0.15) is 0 Å². The van der Waals surface area contributed by atoms with Gasteiger partial charge in [0, 0.05) is 8.99 Å². The summed E-state index contributed by atoms with van der Waals surface area (Å²) in [6, 6.07) is 22.0. The van der Waals surface area contributed by atoms with Crippen molar-refractivity contribution < 1.29 is 0 Å². The maximum Gasteiger partial charge on any atom is 0.0208 e. The Bertz CT molecular complexity index is 1100. The van der Waals surface area contributed by atoms with Gasteiger partial charge in [0.15, 0.2) is 0 Å². The highest BCUT2D eigenvalue weighted by Crippen LogP contribution is 2.49. The number of benzene rings is 3. The Balaban J connectivity index is 1.82. The molecule has 27 heavy (non-hydrogen) atoms. The van der Waals surface area contributed by atoms with Crippen molar-refractivity contribution >= 4 is 38.9 Å². The molecule has 1 heteroatoms. The smallest absolute Gasteiger partial charge is 0.0208 e. The number of fused-ring (bicyclic) bond motifs is 2. The van der Waals surface area contributed by atoms with Gasteiger partial charge >= 0.3 is 0 Å². The monoisotopic (exact) mass is 462 g/mol. The van der Waals surface area contributed by atoms with Gasteiger partial charge in [0.05, 0.1) is 0 Å². The Morgan fingerprint density at radius 3 is 2.41 bits per heavy atom. The van der Waals surface area contributed by atoms with Gasteiger partial charge in [0.25, 0.3) is 0 Å². The van der Waals surface area contributed by atoms with Crippen molar-refractivity contribution in [3.05, 3.63) is 111 Å². The molecule has 1 aliphatic rings. The zero-order valence-corrected chi connectivity index (χ0v) is 18.0. The van der Waals surface area contributed by atoms with Crippen LogP contribution in [0.25, 0.3) is 16.3 Å². The van der Waals surface area contributed by atoms with E-state index in [0.29, 0.717) is 0 Å². The van der Waals surface area contributed by atoms with Crippen LogP contribution in [-0.4, -0.2) is 0 Å². The molecule has 3 aromatic rings. The lowest BCUT2D eigenvalue weighted by molar-refractivity contribution is 0.658. The Morgan fingerprint density at radius 1 is 0.926 bits per heavy atom. The first-order valence-electron chi connectivity index (χ1n) is 9.34. The van der Waals surface area contributed by atoms with Crippen molar-refractivity contribution in [1.82, 2.24) is 0 Å². The second-order valence-electron chi connectivity index (χ2n) is 7.56. The molecule has 0 heterocycles. The molecule has 0 saturated heterocycles. The lowest BCUT2D eigenvalue weighted by Crippen LogP contribution is -2.15. The third-order valence-corrected chi connectivity index (χ3v) is 6.57. The summed E-state index contributed by atoms with van der Waals surface area (Å²) in [6.07, 6.45) is 7.41. The van der Waals surface area contributed by atoms with Crippen LogP contribution in [0.1, 0.15) is 30.5 Å². The summed E-state index contributed by atoms with van der Waals surface area (Å²) < 4.78 is 1.31. The van der Waals surface area contributed by atoms with Gasteiger partial charge in [-0.2, -0.15) is 0 Å². The minimum absolute atomic E-state index is 0.00441. The first-order chi connectivity index (χ1) is 13.0. The number of halogens is 1. The first kappa shape index (κ1) is 18.2. The SMILES string of the molecule is C=CC=C1/C(=C\Cc2ccc(I)c3ccccc23)C(C)(C)c2ccccc21. The van der Waals surface area contributed by atoms with E-state index in [0.717, 1.165) is 6.42 Å². The van der Waals surface area contributed by atoms with Gasteiger partial charge in [-0.25, -0.2) is 0 Å². The number of hydrogen-bond donors (Lipinski definition) is 0. The van der Waals surface area contributed by atoms with E-state index in [9.17, 15) is 0 Å². The van der Waals surface area contributed by atoms with Crippen LogP contribution in [0.2, 0.25) is 0 Å². The fourth-order valence-corrected chi connectivity index (χ4v) is 4.92. The largest absolute Gasteiger partial charge is 0.0990 e. The van der Waals surface area contributed by atoms with E-state index < -0.39 is 0 Å². The Hall–Kier alpha value is -2.13. The average molecular weight is 462 g/mol. The minimum atomic E-state index is 0.00441. The standard InChI is InChI=1S/C26H23I/c1-4-9-20-21-11-7-8-13-23(21)26(2,3)24(20)16-14-18-15-17-25(27)22-12-6-5-10-19(18)22/h4-13,15-17H,1,14H2,2-3H3/b20-9?,24-16+. The highest BCUT2D eigenvalue weighted by molar-refractivity contribution is 14.1. The Labute approximate surface area is 175 Å². The number of allylic oxidation sites excluding steroid dienone is 5. The molecule has 0 unspecified atom stereocenters. The molecule has 0 atom stereocenters. The third kappa shape index (κ3) is 3.08. The molecule has 0 aliphatic heterocycles. The summed E-state index contributed by atoms with van der Waals surface area (Å²) in [5.41, 5.74) is 6.82. The van der Waals surface area contributed by atoms with E-state index in [4.69, 9.17) is 0 Å². The fraction of sp³-hybridized carbons (Fsp3) is 0.154. The molecule has 0 spiro atoms. The normalized spacial score (nSPS) is 18.2. The molecule has 134 valence electrons. The summed E-state index contributed by atoms with van der Waals surface area (Å²) in [6.45, 7) is 8.60. The summed E-state index contributed by atoms with van der Waals surface area (Å²) in [7, 11) is 0. The summed E-state index contributed by atoms with van der Waals surface area (Å²) >= 11 is 2.43. The second-order valence-corrected chi connectivity index (χ2v) is 8.72. The van der Waals surface area contributed by atoms with E-state index >= 15 is 0 Å². The van der Waals surface area contributed by atoms with Crippen LogP contribution in [0.3, 0.4) is 0 Å². The van der Waals surface area contributed by atoms with E-state index in [1.165, 1.54) is 42.2 Å². The van der Waals surface area contributed by atoms with Crippen molar-refractivity contribution in [3.8, 4) is 0 Å². The number of hydrogen-bond acceptors (Lipinski definition) is 0. The van der Waals surface area contributed by atoms with Crippen LogP contribution in [-0.2, 0) is 11.8 Å².